The summed E-state index contributed by atoms with van der Waals surface area (Å²) < 4.78 is 10.7. The molecule has 0 saturated carbocycles. The molecule has 0 aromatic heterocycles. The van der Waals surface area contributed by atoms with Gasteiger partial charge < -0.3 is 14.6 Å². The maximum atomic E-state index is 11.0. The topological polar surface area (TPSA) is 72.8 Å². The van der Waals surface area contributed by atoms with Gasteiger partial charge in [0.25, 0.3) is 0 Å². The molecule has 0 atom stereocenters. The number of carbonyl (C=O) groups is 2. The van der Waals surface area contributed by atoms with Crippen LogP contribution in [0.2, 0.25) is 0 Å². The summed E-state index contributed by atoms with van der Waals surface area (Å²) in [6.07, 6.45) is 2.59. The van der Waals surface area contributed by atoms with E-state index in [1.54, 1.807) is 18.2 Å². The lowest BCUT2D eigenvalue weighted by molar-refractivity contribution is -0.141. The van der Waals surface area contributed by atoms with Crippen LogP contribution in [-0.2, 0) is 14.3 Å². The van der Waals surface area contributed by atoms with E-state index in [0.29, 0.717) is 11.3 Å². The van der Waals surface area contributed by atoms with E-state index in [-0.39, 0.29) is 19.0 Å². The molecule has 1 rings (SSSR count). The van der Waals surface area contributed by atoms with Crippen LogP contribution in [0.4, 0.5) is 0 Å². The lowest BCUT2D eigenvalue weighted by Gasteiger charge is -2.09. The van der Waals surface area contributed by atoms with Crippen molar-refractivity contribution in [2.45, 2.75) is 6.42 Å². The van der Waals surface area contributed by atoms with Crippen LogP contribution in [0.25, 0.3) is 6.08 Å². The third-order valence-electron chi connectivity index (χ3n) is 2.17. The highest BCUT2D eigenvalue weighted by molar-refractivity contribution is 9.10. The van der Waals surface area contributed by atoms with Crippen LogP contribution in [0.3, 0.4) is 0 Å². The number of carboxylic acids is 1. The molecule has 19 heavy (non-hydrogen) atoms. The molecule has 0 aliphatic carbocycles. The molecule has 6 heteroatoms. The lowest BCUT2D eigenvalue weighted by Crippen LogP contribution is -2.08. The molecule has 0 aliphatic rings. The fourth-order valence-corrected chi connectivity index (χ4v) is 1.67. The monoisotopic (exact) mass is 328 g/mol. The fourth-order valence-electron chi connectivity index (χ4n) is 1.29. The van der Waals surface area contributed by atoms with E-state index in [1.807, 2.05) is 0 Å². The zero-order valence-electron chi connectivity index (χ0n) is 10.3. The van der Waals surface area contributed by atoms with Crippen LogP contribution >= 0.6 is 15.9 Å². The van der Waals surface area contributed by atoms with Gasteiger partial charge in [0, 0.05) is 16.1 Å². The second-order valence-electron chi connectivity index (χ2n) is 3.53. The normalized spacial score (nSPS) is 10.4. The summed E-state index contributed by atoms with van der Waals surface area (Å²) in [7, 11) is 1.31. The Morgan fingerprint density at radius 2 is 2.16 bits per heavy atom. The van der Waals surface area contributed by atoms with Crippen LogP contribution in [0.15, 0.2) is 28.7 Å². The summed E-state index contributed by atoms with van der Waals surface area (Å²) in [6.45, 7) is 0.169. The number of benzene rings is 1. The third kappa shape index (κ3) is 5.56. The smallest absolute Gasteiger partial charge is 0.328 e. The van der Waals surface area contributed by atoms with Crippen molar-refractivity contribution < 1.29 is 24.2 Å². The van der Waals surface area contributed by atoms with Gasteiger partial charge in [-0.05, 0) is 24.3 Å². The first kappa shape index (κ1) is 15.2. The van der Waals surface area contributed by atoms with Crippen molar-refractivity contribution in [3.63, 3.8) is 0 Å². The zero-order valence-corrected chi connectivity index (χ0v) is 11.8. The van der Waals surface area contributed by atoms with Crippen molar-refractivity contribution in [2.75, 3.05) is 13.7 Å². The van der Waals surface area contributed by atoms with Gasteiger partial charge in [0.05, 0.1) is 20.1 Å². The number of carboxylic acid groups (broad SMARTS) is 1. The molecule has 0 amide bonds. The van der Waals surface area contributed by atoms with Crippen molar-refractivity contribution >= 4 is 33.9 Å². The van der Waals surface area contributed by atoms with Crippen LogP contribution in [0.5, 0.6) is 5.75 Å². The highest BCUT2D eigenvalue weighted by Crippen LogP contribution is 2.24. The Balaban J connectivity index is 2.76. The van der Waals surface area contributed by atoms with Crippen LogP contribution in [0.1, 0.15) is 12.0 Å². The minimum atomic E-state index is -1.04. The zero-order chi connectivity index (χ0) is 14.3. The average Bonchev–Trinajstić information content (AvgIpc) is 2.38. The van der Waals surface area contributed by atoms with Crippen molar-refractivity contribution in [1.82, 2.24) is 0 Å². The summed E-state index contributed by atoms with van der Waals surface area (Å²) in [6, 6.07) is 5.20. The second-order valence-corrected chi connectivity index (χ2v) is 4.44. The maximum absolute atomic E-state index is 11.0. The van der Waals surface area contributed by atoms with Gasteiger partial charge in [-0.25, -0.2) is 4.79 Å². The van der Waals surface area contributed by atoms with Gasteiger partial charge in [0.1, 0.15) is 5.75 Å². The molecule has 0 unspecified atom stereocenters. The van der Waals surface area contributed by atoms with Gasteiger partial charge in [-0.2, -0.15) is 0 Å². The molecule has 1 N–H and O–H groups in total. The molecule has 0 bridgehead atoms. The Morgan fingerprint density at radius 3 is 2.79 bits per heavy atom. The molecule has 1 aromatic carbocycles. The number of esters is 1. The molecule has 0 aliphatic heterocycles. The van der Waals surface area contributed by atoms with E-state index >= 15 is 0 Å². The molecule has 1 aromatic rings. The van der Waals surface area contributed by atoms with E-state index in [9.17, 15) is 9.59 Å². The van der Waals surface area contributed by atoms with Gasteiger partial charge in [-0.3, -0.25) is 4.79 Å². The Morgan fingerprint density at radius 1 is 1.42 bits per heavy atom. The summed E-state index contributed by atoms with van der Waals surface area (Å²) in [4.78, 5) is 21.5. The largest absolute Gasteiger partial charge is 0.492 e. The van der Waals surface area contributed by atoms with E-state index in [0.717, 1.165) is 10.5 Å². The number of hydrogen-bond donors (Lipinski definition) is 1. The Hall–Kier alpha value is -1.82. The first-order valence-corrected chi connectivity index (χ1v) is 6.22. The van der Waals surface area contributed by atoms with E-state index in [2.05, 4.69) is 20.7 Å². The summed E-state index contributed by atoms with van der Waals surface area (Å²) >= 11 is 3.29. The van der Waals surface area contributed by atoms with Crippen molar-refractivity contribution in [3.8, 4) is 5.75 Å². The van der Waals surface area contributed by atoms with Gasteiger partial charge in [-0.1, -0.05) is 15.9 Å². The number of hydrogen-bond acceptors (Lipinski definition) is 4. The van der Waals surface area contributed by atoms with Gasteiger partial charge in [-0.15, -0.1) is 0 Å². The first-order valence-electron chi connectivity index (χ1n) is 5.43. The highest BCUT2D eigenvalue weighted by Gasteiger charge is 2.05. The molecule has 0 saturated heterocycles. The number of rotatable bonds is 6. The van der Waals surface area contributed by atoms with Crippen LogP contribution in [-0.4, -0.2) is 30.8 Å². The van der Waals surface area contributed by atoms with Gasteiger partial charge >= 0.3 is 11.9 Å². The summed E-state index contributed by atoms with van der Waals surface area (Å²) in [5.41, 5.74) is 0.613. The number of ether oxygens (including phenoxy) is 2. The number of carbonyl (C=O) groups excluding carboxylic acids is 1. The average molecular weight is 329 g/mol. The first-order chi connectivity index (χ1) is 9.02. The van der Waals surface area contributed by atoms with Gasteiger partial charge in [0.2, 0.25) is 0 Å². The standard InChI is InChI=1S/C13H13BrO5/c1-18-13(17)6-7-19-11-4-3-10(14)8-9(11)2-5-12(15)16/h2-5,8H,6-7H2,1H3,(H,15,16). The molecule has 0 radical (unpaired) electrons. The predicted molar refractivity (Wildman–Crippen MR) is 72.9 cm³/mol. The minimum Gasteiger partial charge on any atom is -0.492 e. The van der Waals surface area contributed by atoms with E-state index in [1.165, 1.54) is 13.2 Å². The highest BCUT2D eigenvalue weighted by atomic mass is 79.9. The maximum Gasteiger partial charge on any atom is 0.328 e. The quantitative estimate of drug-likeness (QED) is 0.641. The lowest BCUT2D eigenvalue weighted by atomic mass is 10.2. The van der Waals surface area contributed by atoms with Crippen LogP contribution < -0.4 is 4.74 Å². The summed E-state index contributed by atoms with van der Waals surface area (Å²) in [5.74, 6) is -0.898. The number of halogens is 1. The molecule has 5 nitrogen and oxygen atoms in total. The van der Waals surface area contributed by atoms with Crippen molar-refractivity contribution in [2.24, 2.45) is 0 Å². The van der Waals surface area contributed by atoms with Gasteiger partial charge in [0.15, 0.2) is 0 Å². The Labute approximate surface area is 119 Å². The molecule has 0 fully saturated rings. The molecule has 0 spiro atoms. The fraction of sp³-hybridized carbons (Fsp3) is 0.231. The Bertz CT molecular complexity index is 496. The minimum absolute atomic E-state index is 0.134. The predicted octanol–water partition coefficient (Wildman–Crippen LogP) is 2.49. The molecule has 0 heterocycles. The third-order valence-corrected chi connectivity index (χ3v) is 2.66. The second kappa shape index (κ2) is 7.58. The van der Waals surface area contributed by atoms with Crippen molar-refractivity contribution in [1.29, 1.82) is 0 Å². The summed E-state index contributed by atoms with van der Waals surface area (Å²) in [5, 5.41) is 8.62. The van der Waals surface area contributed by atoms with Crippen LogP contribution in [0, 0.1) is 0 Å². The number of methoxy groups -OCH3 is 1. The molecular formula is C13H13BrO5. The molecule has 102 valence electrons. The Kier molecular flexibility index (Phi) is 6.08. The number of aliphatic carboxylic acids is 1. The van der Waals surface area contributed by atoms with E-state index in [4.69, 9.17) is 9.84 Å². The molecular weight excluding hydrogens is 316 g/mol. The SMILES string of the molecule is COC(=O)CCOc1ccc(Br)cc1C=CC(=O)O. The van der Waals surface area contributed by atoms with E-state index < -0.39 is 5.97 Å². The van der Waals surface area contributed by atoms with Crippen molar-refractivity contribution in [3.05, 3.63) is 34.3 Å².